The number of rotatable bonds is 6. The number of nitrogens with zero attached hydrogens (tertiary/aromatic N) is 1. The van der Waals surface area contributed by atoms with E-state index in [1.807, 2.05) is 0 Å². The van der Waals surface area contributed by atoms with E-state index < -0.39 is 0 Å². The molecular weight excluding hydrogens is 258 g/mol. The van der Waals surface area contributed by atoms with Gasteiger partial charge >= 0.3 is 5.97 Å². The Kier molecular flexibility index (Phi) is 6.99. The van der Waals surface area contributed by atoms with E-state index in [0.29, 0.717) is 13.0 Å². The zero-order chi connectivity index (χ0) is 15.1. The molecule has 5 heteroatoms. The van der Waals surface area contributed by atoms with Gasteiger partial charge < -0.3 is 14.4 Å². The molecule has 0 bridgehead atoms. The Balaban J connectivity index is 2.60. The number of ether oxygens (including phenoxy) is 2. The zero-order valence-electron chi connectivity index (χ0n) is 13.1. The van der Waals surface area contributed by atoms with Gasteiger partial charge in [0.1, 0.15) is 0 Å². The van der Waals surface area contributed by atoms with Crippen molar-refractivity contribution in [2.24, 2.45) is 5.92 Å². The zero-order valence-corrected chi connectivity index (χ0v) is 13.1. The van der Waals surface area contributed by atoms with Gasteiger partial charge in [-0.3, -0.25) is 9.59 Å². The summed E-state index contributed by atoms with van der Waals surface area (Å²) in [7, 11) is 3.43. The van der Waals surface area contributed by atoms with E-state index in [1.54, 1.807) is 19.1 Å². The quantitative estimate of drug-likeness (QED) is 0.553. The van der Waals surface area contributed by atoms with Crippen molar-refractivity contribution in [1.82, 2.24) is 4.90 Å². The summed E-state index contributed by atoms with van der Waals surface area (Å²) in [6, 6.07) is -0.0463. The lowest BCUT2D eigenvalue weighted by Crippen LogP contribution is -2.49. The van der Waals surface area contributed by atoms with E-state index >= 15 is 0 Å². The van der Waals surface area contributed by atoms with Crippen LogP contribution in [0.3, 0.4) is 0 Å². The van der Waals surface area contributed by atoms with Gasteiger partial charge in [0.25, 0.3) is 0 Å². The van der Waals surface area contributed by atoms with Crippen molar-refractivity contribution >= 4 is 11.9 Å². The van der Waals surface area contributed by atoms with Crippen LogP contribution in [0.2, 0.25) is 0 Å². The number of likely N-dealkylation sites (N-methyl/N-ethyl adjacent to an activating group) is 1. The second-order valence-corrected chi connectivity index (χ2v) is 5.50. The predicted octanol–water partition coefficient (Wildman–Crippen LogP) is 1.99. The standard InChI is InChI=1S/C15H27NO4/c1-5-6-9-20-15(18)12-7-8-14(19-4)13(10-12)16(3)11(2)17/h12-14H,5-10H2,1-4H3. The lowest BCUT2D eigenvalue weighted by molar-refractivity contribution is -0.154. The Bertz CT molecular complexity index is 332. The van der Waals surface area contributed by atoms with E-state index in [2.05, 4.69) is 6.92 Å². The van der Waals surface area contributed by atoms with Crippen molar-refractivity contribution in [1.29, 1.82) is 0 Å². The molecule has 3 atom stereocenters. The van der Waals surface area contributed by atoms with Crippen molar-refractivity contribution < 1.29 is 19.1 Å². The average molecular weight is 285 g/mol. The topological polar surface area (TPSA) is 55.8 Å². The molecule has 0 radical (unpaired) electrons. The van der Waals surface area contributed by atoms with Gasteiger partial charge in [0.05, 0.1) is 24.7 Å². The molecule has 0 aromatic rings. The van der Waals surface area contributed by atoms with Gasteiger partial charge in [-0.05, 0) is 25.7 Å². The van der Waals surface area contributed by atoms with Crippen molar-refractivity contribution in [3.05, 3.63) is 0 Å². The first kappa shape index (κ1) is 17.0. The fraction of sp³-hybridized carbons (Fsp3) is 0.867. The predicted molar refractivity (Wildman–Crippen MR) is 76.2 cm³/mol. The lowest BCUT2D eigenvalue weighted by Gasteiger charge is -2.39. The molecule has 0 aliphatic heterocycles. The molecule has 0 N–H and O–H groups in total. The van der Waals surface area contributed by atoms with Gasteiger partial charge in [0.15, 0.2) is 0 Å². The Morgan fingerprint density at radius 1 is 1.30 bits per heavy atom. The van der Waals surface area contributed by atoms with E-state index in [9.17, 15) is 9.59 Å². The van der Waals surface area contributed by atoms with Crippen molar-refractivity contribution in [2.45, 2.75) is 58.1 Å². The summed E-state index contributed by atoms with van der Waals surface area (Å²) in [5, 5.41) is 0. The van der Waals surface area contributed by atoms with Crippen LogP contribution >= 0.6 is 0 Å². The minimum Gasteiger partial charge on any atom is -0.465 e. The molecule has 116 valence electrons. The molecule has 20 heavy (non-hydrogen) atoms. The first-order valence-corrected chi connectivity index (χ1v) is 7.44. The van der Waals surface area contributed by atoms with Gasteiger partial charge in [-0.15, -0.1) is 0 Å². The van der Waals surface area contributed by atoms with Crippen LogP contribution in [0, 0.1) is 5.92 Å². The Labute approximate surface area is 121 Å². The van der Waals surface area contributed by atoms with Crippen LogP contribution in [0.1, 0.15) is 46.0 Å². The maximum Gasteiger partial charge on any atom is 0.309 e. The van der Waals surface area contributed by atoms with E-state index in [1.165, 1.54) is 6.92 Å². The molecule has 0 aromatic heterocycles. The Morgan fingerprint density at radius 2 is 2.00 bits per heavy atom. The fourth-order valence-electron chi connectivity index (χ4n) is 2.68. The summed E-state index contributed by atoms with van der Waals surface area (Å²) in [4.78, 5) is 25.3. The summed E-state index contributed by atoms with van der Waals surface area (Å²) in [6.07, 6.45) is 4.09. The van der Waals surface area contributed by atoms with Gasteiger partial charge in [-0.25, -0.2) is 0 Å². The van der Waals surface area contributed by atoms with Crippen LogP contribution in [0.15, 0.2) is 0 Å². The first-order valence-electron chi connectivity index (χ1n) is 7.44. The van der Waals surface area contributed by atoms with Crippen LogP contribution in [0.25, 0.3) is 0 Å². The van der Waals surface area contributed by atoms with Crippen LogP contribution in [-0.4, -0.2) is 49.7 Å². The van der Waals surface area contributed by atoms with Crippen molar-refractivity contribution in [3.63, 3.8) is 0 Å². The molecule has 3 unspecified atom stereocenters. The molecule has 1 aliphatic carbocycles. The Morgan fingerprint density at radius 3 is 2.55 bits per heavy atom. The van der Waals surface area contributed by atoms with Crippen LogP contribution in [0.5, 0.6) is 0 Å². The summed E-state index contributed by atoms with van der Waals surface area (Å²) in [6.45, 7) is 4.10. The second-order valence-electron chi connectivity index (χ2n) is 5.50. The molecule has 0 spiro atoms. The third-order valence-electron chi connectivity index (χ3n) is 4.13. The molecule has 0 aromatic carbocycles. The number of carbonyl (C=O) groups is 2. The van der Waals surface area contributed by atoms with Crippen LogP contribution in [-0.2, 0) is 19.1 Å². The van der Waals surface area contributed by atoms with Gasteiger partial charge in [-0.1, -0.05) is 13.3 Å². The normalized spacial score (nSPS) is 26.1. The molecule has 1 saturated carbocycles. The van der Waals surface area contributed by atoms with E-state index in [4.69, 9.17) is 9.47 Å². The van der Waals surface area contributed by atoms with Crippen LogP contribution in [0.4, 0.5) is 0 Å². The number of hydrogen-bond acceptors (Lipinski definition) is 4. The average Bonchev–Trinajstić information content (AvgIpc) is 2.45. The third-order valence-corrected chi connectivity index (χ3v) is 4.13. The van der Waals surface area contributed by atoms with Crippen LogP contribution < -0.4 is 0 Å². The highest BCUT2D eigenvalue weighted by atomic mass is 16.5. The Hall–Kier alpha value is -1.10. The molecule has 1 rings (SSSR count). The molecule has 1 aliphatic rings. The number of carbonyl (C=O) groups excluding carboxylic acids is 2. The number of amides is 1. The summed E-state index contributed by atoms with van der Waals surface area (Å²) >= 11 is 0. The fourth-order valence-corrected chi connectivity index (χ4v) is 2.68. The minimum atomic E-state index is -0.130. The number of methoxy groups -OCH3 is 1. The maximum atomic E-state index is 12.0. The highest BCUT2D eigenvalue weighted by Crippen LogP contribution is 2.30. The van der Waals surface area contributed by atoms with Gasteiger partial charge in [0.2, 0.25) is 5.91 Å². The number of unbranched alkanes of at least 4 members (excludes halogenated alkanes) is 1. The van der Waals surface area contributed by atoms with Gasteiger partial charge in [-0.2, -0.15) is 0 Å². The molecule has 5 nitrogen and oxygen atoms in total. The highest BCUT2D eigenvalue weighted by Gasteiger charge is 2.37. The number of esters is 1. The molecule has 1 fully saturated rings. The minimum absolute atomic E-state index is 0.00273. The highest BCUT2D eigenvalue weighted by molar-refractivity contribution is 5.74. The SMILES string of the molecule is CCCCOC(=O)C1CCC(OC)C(N(C)C(C)=O)C1. The van der Waals surface area contributed by atoms with E-state index in [-0.39, 0.29) is 29.9 Å². The van der Waals surface area contributed by atoms with Gasteiger partial charge in [0, 0.05) is 21.1 Å². The molecule has 0 saturated heterocycles. The molecule has 0 heterocycles. The largest absolute Gasteiger partial charge is 0.465 e. The third kappa shape index (κ3) is 4.47. The lowest BCUT2D eigenvalue weighted by atomic mass is 9.83. The maximum absolute atomic E-state index is 12.0. The smallest absolute Gasteiger partial charge is 0.309 e. The molecular formula is C15H27NO4. The van der Waals surface area contributed by atoms with E-state index in [0.717, 1.165) is 25.7 Å². The molecule has 1 amide bonds. The summed E-state index contributed by atoms with van der Waals surface area (Å²) in [5.41, 5.74) is 0. The second kappa shape index (κ2) is 8.25. The number of hydrogen-bond donors (Lipinski definition) is 0. The summed E-state index contributed by atoms with van der Waals surface area (Å²) in [5.74, 6) is -0.253. The monoisotopic (exact) mass is 285 g/mol. The van der Waals surface area contributed by atoms with Crippen molar-refractivity contribution in [3.8, 4) is 0 Å². The van der Waals surface area contributed by atoms with Crippen molar-refractivity contribution in [2.75, 3.05) is 20.8 Å². The summed E-state index contributed by atoms with van der Waals surface area (Å²) < 4.78 is 10.8. The first-order chi connectivity index (χ1) is 9.51.